The number of nitrogens with one attached hydrogen (secondary N) is 1. The molecular formula is C16H17NO4S. The summed E-state index contributed by atoms with van der Waals surface area (Å²) >= 11 is 0. The molecule has 5 nitrogen and oxygen atoms in total. The Labute approximate surface area is 130 Å². The lowest BCUT2D eigenvalue weighted by atomic mass is 10.2. The molecule has 0 saturated heterocycles. The summed E-state index contributed by atoms with van der Waals surface area (Å²) in [5, 5.41) is 0. The fourth-order valence-electron chi connectivity index (χ4n) is 1.81. The summed E-state index contributed by atoms with van der Waals surface area (Å²) in [6, 6.07) is 15.0. The molecule has 1 N–H and O–H groups in total. The normalized spacial score (nSPS) is 11.0. The zero-order chi connectivity index (χ0) is 16.0. The molecule has 116 valence electrons. The highest BCUT2D eigenvalue weighted by Gasteiger charge is 2.17. The van der Waals surface area contributed by atoms with Gasteiger partial charge in [-0.3, -0.25) is 4.79 Å². The largest absolute Gasteiger partial charge is 0.484 e. The van der Waals surface area contributed by atoms with Crippen molar-refractivity contribution in [3.63, 3.8) is 0 Å². The van der Waals surface area contributed by atoms with E-state index in [1.807, 2.05) is 23.8 Å². The minimum absolute atomic E-state index is 0.0376. The van der Waals surface area contributed by atoms with E-state index in [9.17, 15) is 13.2 Å². The van der Waals surface area contributed by atoms with Crippen LogP contribution in [0.15, 0.2) is 59.5 Å². The summed E-state index contributed by atoms with van der Waals surface area (Å²) in [6.07, 6.45) is 0.913. The number of benzene rings is 2. The molecule has 0 heterocycles. The van der Waals surface area contributed by atoms with Gasteiger partial charge >= 0.3 is 0 Å². The van der Waals surface area contributed by atoms with Crippen molar-refractivity contribution in [1.29, 1.82) is 0 Å². The van der Waals surface area contributed by atoms with E-state index in [1.54, 1.807) is 30.3 Å². The zero-order valence-electron chi connectivity index (χ0n) is 12.2. The Morgan fingerprint density at radius 1 is 1.05 bits per heavy atom. The van der Waals surface area contributed by atoms with E-state index >= 15 is 0 Å². The topological polar surface area (TPSA) is 72.5 Å². The molecule has 0 aliphatic rings. The van der Waals surface area contributed by atoms with Crippen LogP contribution in [0.4, 0.5) is 0 Å². The molecule has 0 unspecified atom stereocenters. The van der Waals surface area contributed by atoms with Crippen molar-refractivity contribution < 1.29 is 17.9 Å². The molecular weight excluding hydrogens is 302 g/mol. The van der Waals surface area contributed by atoms with Crippen molar-refractivity contribution in [2.24, 2.45) is 0 Å². The maximum atomic E-state index is 11.9. The maximum absolute atomic E-state index is 11.9. The van der Waals surface area contributed by atoms with Crippen molar-refractivity contribution >= 4 is 15.9 Å². The quantitative estimate of drug-likeness (QED) is 0.885. The molecule has 0 aliphatic carbocycles. The Bertz CT molecular complexity index is 725. The van der Waals surface area contributed by atoms with Gasteiger partial charge in [0.15, 0.2) is 6.61 Å². The van der Waals surface area contributed by atoms with E-state index < -0.39 is 15.9 Å². The van der Waals surface area contributed by atoms with E-state index in [0.29, 0.717) is 5.75 Å². The van der Waals surface area contributed by atoms with Crippen LogP contribution >= 0.6 is 0 Å². The predicted octanol–water partition coefficient (Wildman–Crippen LogP) is 2.13. The molecule has 22 heavy (non-hydrogen) atoms. The second kappa shape index (κ2) is 7.09. The van der Waals surface area contributed by atoms with Gasteiger partial charge in [0.2, 0.25) is 0 Å². The van der Waals surface area contributed by atoms with Crippen LogP contribution in [0.3, 0.4) is 0 Å². The number of rotatable bonds is 6. The Hall–Kier alpha value is -2.34. The summed E-state index contributed by atoms with van der Waals surface area (Å²) in [4.78, 5) is 11.8. The number of carbonyl (C=O) groups excluding carboxylic acids is 1. The first-order chi connectivity index (χ1) is 10.5. The number of amides is 1. The first kappa shape index (κ1) is 16.0. The summed E-state index contributed by atoms with van der Waals surface area (Å²) < 4.78 is 31.1. The molecule has 2 rings (SSSR count). The van der Waals surface area contributed by atoms with Gasteiger partial charge < -0.3 is 4.74 Å². The number of ether oxygens (including phenoxy) is 1. The minimum Gasteiger partial charge on any atom is -0.484 e. The summed E-state index contributed by atoms with van der Waals surface area (Å²) in [7, 11) is -3.85. The lowest BCUT2D eigenvalue weighted by Gasteiger charge is -2.08. The van der Waals surface area contributed by atoms with Crippen LogP contribution in [0.25, 0.3) is 0 Å². The fourth-order valence-corrected chi connectivity index (χ4v) is 2.80. The molecule has 0 fully saturated rings. The van der Waals surface area contributed by atoms with E-state index in [2.05, 4.69) is 0 Å². The van der Waals surface area contributed by atoms with Crippen molar-refractivity contribution in [3.8, 4) is 5.75 Å². The molecule has 0 spiro atoms. The first-order valence-corrected chi connectivity index (χ1v) is 8.32. The van der Waals surface area contributed by atoms with E-state index in [1.165, 1.54) is 12.1 Å². The highest BCUT2D eigenvalue weighted by atomic mass is 32.2. The third-order valence-electron chi connectivity index (χ3n) is 3.00. The van der Waals surface area contributed by atoms with E-state index in [0.717, 1.165) is 12.0 Å². The molecule has 0 bridgehead atoms. The first-order valence-electron chi connectivity index (χ1n) is 6.83. The highest BCUT2D eigenvalue weighted by Crippen LogP contribution is 2.12. The average molecular weight is 319 g/mol. The molecule has 0 aliphatic heterocycles. The zero-order valence-corrected chi connectivity index (χ0v) is 13.0. The maximum Gasteiger partial charge on any atom is 0.271 e. The molecule has 2 aromatic carbocycles. The van der Waals surface area contributed by atoms with Gasteiger partial charge in [-0.25, -0.2) is 13.1 Å². The highest BCUT2D eigenvalue weighted by molar-refractivity contribution is 7.90. The standard InChI is InChI=1S/C16H17NO4S/c1-2-13-8-10-14(11-9-13)21-12-16(18)17-22(19,20)15-6-4-3-5-7-15/h3-11H,2,12H2,1H3,(H,17,18). The fraction of sp³-hybridized carbons (Fsp3) is 0.188. The van der Waals surface area contributed by atoms with Crippen LogP contribution in [0, 0.1) is 0 Å². The average Bonchev–Trinajstić information content (AvgIpc) is 2.54. The molecule has 0 saturated carbocycles. The van der Waals surface area contributed by atoms with Gasteiger partial charge in [-0.05, 0) is 36.2 Å². The number of hydrogen-bond acceptors (Lipinski definition) is 4. The SMILES string of the molecule is CCc1ccc(OCC(=O)NS(=O)(=O)c2ccccc2)cc1. The Morgan fingerprint density at radius 3 is 2.27 bits per heavy atom. The Balaban J connectivity index is 1.92. The monoisotopic (exact) mass is 319 g/mol. The molecule has 0 atom stereocenters. The van der Waals surface area contributed by atoms with Crippen molar-refractivity contribution in [2.45, 2.75) is 18.2 Å². The Morgan fingerprint density at radius 2 is 1.68 bits per heavy atom. The van der Waals surface area contributed by atoms with Crippen LogP contribution < -0.4 is 9.46 Å². The van der Waals surface area contributed by atoms with Gasteiger partial charge in [0.1, 0.15) is 5.75 Å². The lowest BCUT2D eigenvalue weighted by Crippen LogP contribution is -2.34. The van der Waals surface area contributed by atoms with Gasteiger partial charge in [0.05, 0.1) is 4.90 Å². The van der Waals surface area contributed by atoms with Crippen molar-refractivity contribution in [1.82, 2.24) is 4.72 Å². The minimum atomic E-state index is -3.85. The number of carbonyl (C=O) groups is 1. The van der Waals surface area contributed by atoms with Gasteiger partial charge in [0, 0.05) is 0 Å². The van der Waals surface area contributed by atoms with Gasteiger partial charge in [0.25, 0.3) is 15.9 Å². The molecule has 1 amide bonds. The number of aryl methyl sites for hydroxylation is 1. The third-order valence-corrected chi connectivity index (χ3v) is 4.39. The summed E-state index contributed by atoms with van der Waals surface area (Å²) in [5.74, 6) is -0.201. The third kappa shape index (κ3) is 4.33. The van der Waals surface area contributed by atoms with Crippen LogP contribution in [-0.4, -0.2) is 20.9 Å². The van der Waals surface area contributed by atoms with Gasteiger partial charge in [-0.15, -0.1) is 0 Å². The Kier molecular flexibility index (Phi) is 5.16. The second-order valence-corrected chi connectivity index (χ2v) is 6.31. The summed E-state index contributed by atoms with van der Waals surface area (Å²) in [6.45, 7) is 1.68. The van der Waals surface area contributed by atoms with E-state index in [4.69, 9.17) is 4.74 Å². The van der Waals surface area contributed by atoms with Crippen LogP contribution in [0.1, 0.15) is 12.5 Å². The summed E-state index contributed by atoms with van der Waals surface area (Å²) in [5.41, 5.74) is 1.16. The lowest BCUT2D eigenvalue weighted by molar-refractivity contribution is -0.121. The van der Waals surface area contributed by atoms with Crippen molar-refractivity contribution in [3.05, 3.63) is 60.2 Å². The number of hydrogen-bond donors (Lipinski definition) is 1. The molecule has 0 aromatic heterocycles. The predicted molar refractivity (Wildman–Crippen MR) is 83.1 cm³/mol. The van der Waals surface area contributed by atoms with Gasteiger partial charge in [-0.1, -0.05) is 37.3 Å². The second-order valence-electron chi connectivity index (χ2n) is 4.63. The molecule has 2 aromatic rings. The van der Waals surface area contributed by atoms with Crippen LogP contribution in [0.2, 0.25) is 0 Å². The molecule has 6 heteroatoms. The van der Waals surface area contributed by atoms with Gasteiger partial charge in [-0.2, -0.15) is 0 Å². The smallest absolute Gasteiger partial charge is 0.271 e. The van der Waals surface area contributed by atoms with Crippen molar-refractivity contribution in [2.75, 3.05) is 6.61 Å². The van der Waals surface area contributed by atoms with Crippen LogP contribution in [-0.2, 0) is 21.2 Å². The molecule has 0 radical (unpaired) electrons. The van der Waals surface area contributed by atoms with E-state index in [-0.39, 0.29) is 11.5 Å². The number of sulfonamides is 1. The van der Waals surface area contributed by atoms with Crippen LogP contribution in [0.5, 0.6) is 5.75 Å².